The van der Waals surface area contributed by atoms with Crippen LogP contribution in [-0.2, 0) is 11.3 Å². The molecular formula is C17H27N3O. The van der Waals surface area contributed by atoms with Gasteiger partial charge >= 0.3 is 0 Å². The van der Waals surface area contributed by atoms with Gasteiger partial charge in [0.15, 0.2) is 0 Å². The number of nitrogens with one attached hydrogen (secondary N) is 1. The summed E-state index contributed by atoms with van der Waals surface area (Å²) >= 11 is 0. The van der Waals surface area contributed by atoms with E-state index in [4.69, 9.17) is 4.74 Å². The Hall–Kier alpha value is -1.10. The second-order valence-electron chi connectivity index (χ2n) is 6.31. The zero-order chi connectivity index (χ0) is 14.7. The summed E-state index contributed by atoms with van der Waals surface area (Å²) in [4.78, 5) is 5.06. The van der Waals surface area contributed by atoms with Gasteiger partial charge in [-0.2, -0.15) is 0 Å². The first-order valence-corrected chi connectivity index (χ1v) is 8.10. The van der Waals surface area contributed by atoms with Crippen molar-refractivity contribution in [2.45, 2.75) is 26.4 Å². The highest BCUT2D eigenvalue weighted by Gasteiger charge is 2.20. The van der Waals surface area contributed by atoms with E-state index in [9.17, 15) is 0 Å². The van der Waals surface area contributed by atoms with Crippen LogP contribution in [0.15, 0.2) is 18.2 Å². The van der Waals surface area contributed by atoms with Crippen LogP contribution in [0.25, 0.3) is 0 Å². The van der Waals surface area contributed by atoms with Gasteiger partial charge in [-0.25, -0.2) is 0 Å². The molecule has 3 rings (SSSR count). The van der Waals surface area contributed by atoms with Crippen LogP contribution in [0.3, 0.4) is 0 Å². The lowest BCUT2D eigenvalue weighted by atomic mass is 10.1. The number of nitrogens with zero attached hydrogens (tertiary/aromatic N) is 2. The normalized spacial score (nSPS) is 23.7. The lowest BCUT2D eigenvalue weighted by Crippen LogP contribution is -2.43. The van der Waals surface area contributed by atoms with Crippen LogP contribution in [0, 0.1) is 6.92 Å². The van der Waals surface area contributed by atoms with E-state index in [-0.39, 0.29) is 0 Å². The monoisotopic (exact) mass is 289 g/mol. The summed E-state index contributed by atoms with van der Waals surface area (Å²) in [5, 5.41) is 3.62. The molecule has 0 amide bonds. The first-order valence-electron chi connectivity index (χ1n) is 8.10. The Morgan fingerprint density at radius 2 is 2.05 bits per heavy atom. The van der Waals surface area contributed by atoms with Crippen molar-refractivity contribution >= 4 is 5.69 Å². The van der Waals surface area contributed by atoms with Gasteiger partial charge in [0.25, 0.3) is 0 Å². The minimum absolute atomic E-state index is 0.530. The maximum Gasteiger partial charge on any atom is 0.0594 e. The standard InChI is InChI=1S/C17H27N3O/c1-14-3-4-17-16(11-14)12-18-15(2)13-20(17)6-5-19-7-9-21-10-8-19/h3-4,11,15,18H,5-10,12-13H2,1-2H3. The average Bonchev–Trinajstić information content (AvgIpc) is 2.65. The highest BCUT2D eigenvalue weighted by molar-refractivity contribution is 5.56. The number of benzene rings is 1. The summed E-state index contributed by atoms with van der Waals surface area (Å²) in [6, 6.07) is 7.38. The Balaban J connectivity index is 1.70. The number of hydrogen-bond donors (Lipinski definition) is 1. The molecule has 1 aromatic carbocycles. The Labute approximate surface area is 128 Å². The van der Waals surface area contributed by atoms with E-state index < -0.39 is 0 Å². The number of anilines is 1. The van der Waals surface area contributed by atoms with Crippen LogP contribution in [0.1, 0.15) is 18.1 Å². The van der Waals surface area contributed by atoms with Crippen molar-refractivity contribution < 1.29 is 4.74 Å². The third-order valence-corrected chi connectivity index (χ3v) is 4.50. The zero-order valence-electron chi connectivity index (χ0n) is 13.3. The van der Waals surface area contributed by atoms with Crippen molar-refractivity contribution in [3.05, 3.63) is 29.3 Å². The van der Waals surface area contributed by atoms with Crippen molar-refractivity contribution in [3.63, 3.8) is 0 Å². The van der Waals surface area contributed by atoms with Gasteiger partial charge in [0.05, 0.1) is 13.2 Å². The average molecular weight is 289 g/mol. The number of morpholine rings is 1. The molecule has 2 aliphatic heterocycles. The van der Waals surface area contributed by atoms with Crippen molar-refractivity contribution in [2.24, 2.45) is 0 Å². The fourth-order valence-electron chi connectivity index (χ4n) is 3.24. The Morgan fingerprint density at radius 3 is 2.86 bits per heavy atom. The van der Waals surface area contributed by atoms with Gasteiger partial charge in [0, 0.05) is 51.0 Å². The summed E-state index contributed by atoms with van der Waals surface area (Å²) in [5.41, 5.74) is 4.19. The van der Waals surface area contributed by atoms with Gasteiger partial charge in [0.1, 0.15) is 0 Å². The van der Waals surface area contributed by atoms with Gasteiger partial charge in [-0.3, -0.25) is 4.90 Å². The van der Waals surface area contributed by atoms with Crippen LogP contribution in [0.5, 0.6) is 0 Å². The first-order chi connectivity index (χ1) is 10.2. The molecule has 0 radical (unpaired) electrons. The molecule has 0 saturated carbocycles. The maximum atomic E-state index is 5.43. The molecule has 0 aromatic heterocycles. The molecule has 21 heavy (non-hydrogen) atoms. The van der Waals surface area contributed by atoms with E-state index in [0.717, 1.165) is 52.5 Å². The molecule has 1 atom stereocenters. The molecule has 2 aliphatic rings. The van der Waals surface area contributed by atoms with Crippen LogP contribution in [0.2, 0.25) is 0 Å². The predicted octanol–water partition coefficient (Wildman–Crippen LogP) is 1.63. The fourth-order valence-corrected chi connectivity index (χ4v) is 3.24. The van der Waals surface area contributed by atoms with Gasteiger partial charge in [0.2, 0.25) is 0 Å². The molecule has 0 aliphatic carbocycles. The molecule has 0 spiro atoms. The van der Waals surface area contributed by atoms with Crippen LogP contribution in [-0.4, -0.2) is 56.9 Å². The number of hydrogen-bond acceptors (Lipinski definition) is 4. The molecule has 4 heteroatoms. The maximum absolute atomic E-state index is 5.43. The largest absolute Gasteiger partial charge is 0.379 e. The fraction of sp³-hybridized carbons (Fsp3) is 0.647. The SMILES string of the molecule is Cc1ccc2c(c1)CNC(C)CN2CCN1CCOCC1. The molecule has 1 fully saturated rings. The van der Waals surface area contributed by atoms with E-state index in [2.05, 4.69) is 47.2 Å². The summed E-state index contributed by atoms with van der Waals surface area (Å²) in [6.07, 6.45) is 0. The second kappa shape index (κ2) is 6.77. The van der Waals surface area contributed by atoms with Crippen molar-refractivity contribution in [2.75, 3.05) is 50.8 Å². The van der Waals surface area contributed by atoms with Crippen LogP contribution >= 0.6 is 0 Å². The molecular weight excluding hydrogens is 262 g/mol. The topological polar surface area (TPSA) is 27.7 Å². The number of rotatable bonds is 3. The molecule has 1 aromatic rings. The summed E-state index contributed by atoms with van der Waals surface area (Å²) in [6.45, 7) is 12.7. The highest BCUT2D eigenvalue weighted by Crippen LogP contribution is 2.24. The summed E-state index contributed by atoms with van der Waals surface area (Å²) in [7, 11) is 0. The third-order valence-electron chi connectivity index (χ3n) is 4.50. The molecule has 0 bridgehead atoms. The van der Waals surface area contributed by atoms with Gasteiger partial charge in [-0.1, -0.05) is 17.7 Å². The van der Waals surface area contributed by atoms with E-state index in [1.807, 2.05) is 0 Å². The molecule has 1 saturated heterocycles. The first kappa shape index (κ1) is 14.8. The lowest BCUT2D eigenvalue weighted by Gasteiger charge is -2.32. The molecule has 4 nitrogen and oxygen atoms in total. The Bertz CT molecular complexity index is 471. The van der Waals surface area contributed by atoms with Crippen molar-refractivity contribution in [3.8, 4) is 0 Å². The second-order valence-corrected chi connectivity index (χ2v) is 6.31. The van der Waals surface area contributed by atoms with Gasteiger partial charge in [-0.15, -0.1) is 0 Å². The summed E-state index contributed by atoms with van der Waals surface area (Å²) in [5.74, 6) is 0. The van der Waals surface area contributed by atoms with E-state index in [1.165, 1.54) is 16.8 Å². The van der Waals surface area contributed by atoms with E-state index in [1.54, 1.807) is 0 Å². The quantitative estimate of drug-likeness (QED) is 0.915. The molecule has 2 heterocycles. The van der Waals surface area contributed by atoms with Gasteiger partial charge < -0.3 is 15.0 Å². The van der Waals surface area contributed by atoms with Gasteiger partial charge in [-0.05, 0) is 25.5 Å². The number of fused-ring (bicyclic) bond motifs is 1. The zero-order valence-corrected chi connectivity index (χ0v) is 13.3. The Kier molecular flexibility index (Phi) is 4.78. The number of aryl methyl sites for hydroxylation is 1. The van der Waals surface area contributed by atoms with Crippen molar-refractivity contribution in [1.29, 1.82) is 0 Å². The van der Waals surface area contributed by atoms with E-state index >= 15 is 0 Å². The highest BCUT2D eigenvalue weighted by atomic mass is 16.5. The Morgan fingerprint density at radius 1 is 1.24 bits per heavy atom. The van der Waals surface area contributed by atoms with E-state index in [0.29, 0.717) is 6.04 Å². The number of ether oxygens (including phenoxy) is 1. The third kappa shape index (κ3) is 3.76. The summed E-state index contributed by atoms with van der Waals surface area (Å²) < 4.78 is 5.43. The van der Waals surface area contributed by atoms with Crippen LogP contribution < -0.4 is 10.2 Å². The molecule has 1 N–H and O–H groups in total. The van der Waals surface area contributed by atoms with Crippen molar-refractivity contribution in [1.82, 2.24) is 10.2 Å². The minimum atomic E-state index is 0.530. The predicted molar refractivity (Wildman–Crippen MR) is 87.0 cm³/mol. The minimum Gasteiger partial charge on any atom is -0.379 e. The molecule has 116 valence electrons. The molecule has 1 unspecified atom stereocenters. The van der Waals surface area contributed by atoms with Crippen LogP contribution in [0.4, 0.5) is 5.69 Å². The smallest absolute Gasteiger partial charge is 0.0594 e. The lowest BCUT2D eigenvalue weighted by molar-refractivity contribution is 0.0391.